The average molecular weight is 400 g/mol. The van der Waals surface area contributed by atoms with Crippen molar-refractivity contribution >= 4 is 16.5 Å². The second-order valence-electron chi connectivity index (χ2n) is 7.16. The van der Waals surface area contributed by atoms with Crippen LogP contribution in [-0.4, -0.2) is 62.9 Å². The van der Waals surface area contributed by atoms with Crippen LogP contribution in [0.1, 0.15) is 29.4 Å². The van der Waals surface area contributed by atoms with Crippen LogP contribution in [0.5, 0.6) is 0 Å². The highest BCUT2D eigenvalue weighted by Crippen LogP contribution is 2.24. The molecule has 2 aromatic heterocycles. The standard InChI is InChI=1S/C19H25N7OS/c1-13-3-5-15(6-4-13)17-21-18(27-24-17)14(2)26-11-9-25(10-12-26)8-7-16-22-23-19(20)28-16/h3-6,14H,7-12H2,1-2H3,(H2,20,23)/t14-/m0/s1. The Bertz CT molecular complexity index is 899. The highest BCUT2D eigenvalue weighted by molar-refractivity contribution is 7.15. The molecule has 28 heavy (non-hydrogen) atoms. The van der Waals surface area contributed by atoms with E-state index in [-0.39, 0.29) is 6.04 Å². The summed E-state index contributed by atoms with van der Waals surface area (Å²) in [7, 11) is 0. The van der Waals surface area contributed by atoms with Gasteiger partial charge >= 0.3 is 0 Å². The first-order valence-corrected chi connectivity index (χ1v) is 10.3. The Labute approximate surface area is 168 Å². The number of nitrogen functional groups attached to an aromatic ring is 1. The number of nitrogens with two attached hydrogens (primary N) is 1. The van der Waals surface area contributed by atoms with Gasteiger partial charge in [-0.2, -0.15) is 4.98 Å². The van der Waals surface area contributed by atoms with Crippen molar-refractivity contribution in [3.8, 4) is 11.4 Å². The van der Waals surface area contributed by atoms with Gasteiger partial charge in [-0.05, 0) is 13.8 Å². The number of hydrogen-bond donors (Lipinski definition) is 1. The Morgan fingerprint density at radius 2 is 1.89 bits per heavy atom. The molecule has 4 rings (SSSR count). The molecule has 0 aliphatic carbocycles. The third-order valence-electron chi connectivity index (χ3n) is 5.19. The molecule has 0 radical (unpaired) electrons. The van der Waals surface area contributed by atoms with E-state index in [2.05, 4.69) is 56.1 Å². The number of anilines is 1. The lowest BCUT2D eigenvalue weighted by molar-refractivity contribution is 0.0890. The van der Waals surface area contributed by atoms with Gasteiger partial charge in [0, 0.05) is 44.7 Å². The molecule has 1 aliphatic rings. The normalized spacial score (nSPS) is 17.1. The molecule has 0 bridgehead atoms. The van der Waals surface area contributed by atoms with Gasteiger partial charge in [-0.15, -0.1) is 10.2 Å². The fourth-order valence-electron chi connectivity index (χ4n) is 3.38. The second-order valence-corrected chi connectivity index (χ2v) is 8.25. The van der Waals surface area contributed by atoms with Crippen molar-refractivity contribution in [2.24, 2.45) is 0 Å². The average Bonchev–Trinajstić information content (AvgIpc) is 3.36. The van der Waals surface area contributed by atoms with E-state index in [9.17, 15) is 0 Å². The van der Waals surface area contributed by atoms with Crippen molar-refractivity contribution in [2.75, 3.05) is 38.5 Å². The van der Waals surface area contributed by atoms with Gasteiger partial charge in [-0.25, -0.2) is 0 Å². The van der Waals surface area contributed by atoms with Crippen LogP contribution in [0, 0.1) is 6.92 Å². The number of benzene rings is 1. The summed E-state index contributed by atoms with van der Waals surface area (Å²) in [6.07, 6.45) is 0.897. The van der Waals surface area contributed by atoms with Crippen molar-refractivity contribution in [3.05, 3.63) is 40.7 Å². The summed E-state index contributed by atoms with van der Waals surface area (Å²) in [5.41, 5.74) is 7.84. The zero-order valence-corrected chi connectivity index (χ0v) is 17.0. The molecule has 1 atom stereocenters. The number of piperazine rings is 1. The van der Waals surface area contributed by atoms with Crippen LogP contribution < -0.4 is 5.73 Å². The monoisotopic (exact) mass is 399 g/mol. The van der Waals surface area contributed by atoms with E-state index in [4.69, 9.17) is 10.3 Å². The van der Waals surface area contributed by atoms with E-state index in [0.717, 1.165) is 49.7 Å². The first-order chi connectivity index (χ1) is 13.6. The van der Waals surface area contributed by atoms with Crippen molar-refractivity contribution in [1.29, 1.82) is 0 Å². The van der Waals surface area contributed by atoms with E-state index in [1.165, 1.54) is 16.9 Å². The van der Waals surface area contributed by atoms with Gasteiger partial charge in [-0.3, -0.25) is 4.90 Å². The zero-order valence-electron chi connectivity index (χ0n) is 16.2. The van der Waals surface area contributed by atoms with Gasteiger partial charge in [-0.1, -0.05) is 46.3 Å². The SMILES string of the molecule is Cc1ccc(-c2noc([C@H](C)N3CCN(CCc4nnc(N)s4)CC3)n2)cc1. The van der Waals surface area contributed by atoms with E-state index in [0.29, 0.717) is 16.8 Å². The molecule has 1 aromatic carbocycles. The van der Waals surface area contributed by atoms with Gasteiger partial charge in [0.25, 0.3) is 0 Å². The number of hydrogen-bond acceptors (Lipinski definition) is 9. The molecule has 8 nitrogen and oxygen atoms in total. The predicted molar refractivity (Wildman–Crippen MR) is 109 cm³/mol. The van der Waals surface area contributed by atoms with Gasteiger partial charge in [0.05, 0.1) is 6.04 Å². The minimum atomic E-state index is 0.108. The van der Waals surface area contributed by atoms with Crippen LogP contribution in [-0.2, 0) is 6.42 Å². The fourth-order valence-corrected chi connectivity index (χ4v) is 3.97. The van der Waals surface area contributed by atoms with Crippen molar-refractivity contribution in [1.82, 2.24) is 30.1 Å². The van der Waals surface area contributed by atoms with Crippen LogP contribution in [0.2, 0.25) is 0 Å². The summed E-state index contributed by atoms with van der Waals surface area (Å²) in [5, 5.41) is 13.7. The minimum absolute atomic E-state index is 0.108. The summed E-state index contributed by atoms with van der Waals surface area (Å²) < 4.78 is 5.56. The molecule has 0 amide bonds. The quantitative estimate of drug-likeness (QED) is 0.675. The first-order valence-electron chi connectivity index (χ1n) is 9.53. The lowest BCUT2D eigenvalue weighted by Gasteiger charge is -2.36. The maximum atomic E-state index is 5.64. The number of nitrogens with zero attached hydrogens (tertiary/aromatic N) is 6. The topological polar surface area (TPSA) is 97.2 Å². The number of aromatic nitrogens is 4. The molecule has 9 heteroatoms. The first kappa shape index (κ1) is 19.0. The fraction of sp³-hybridized carbons (Fsp3) is 0.474. The molecule has 148 valence electrons. The van der Waals surface area contributed by atoms with Crippen molar-refractivity contribution in [2.45, 2.75) is 26.3 Å². The minimum Gasteiger partial charge on any atom is -0.374 e. The molecule has 0 unspecified atom stereocenters. The van der Waals surface area contributed by atoms with Crippen molar-refractivity contribution in [3.63, 3.8) is 0 Å². The maximum Gasteiger partial charge on any atom is 0.244 e. The summed E-state index contributed by atoms with van der Waals surface area (Å²) in [4.78, 5) is 9.47. The summed E-state index contributed by atoms with van der Waals surface area (Å²) in [5.74, 6) is 1.32. The van der Waals surface area contributed by atoms with Crippen molar-refractivity contribution < 1.29 is 4.52 Å². The predicted octanol–water partition coefficient (Wildman–Crippen LogP) is 2.40. The molecular weight excluding hydrogens is 374 g/mol. The molecule has 3 heterocycles. The van der Waals surface area contributed by atoms with Crippen LogP contribution in [0.4, 0.5) is 5.13 Å². The summed E-state index contributed by atoms with van der Waals surface area (Å²) >= 11 is 1.47. The van der Waals surface area contributed by atoms with Crippen LogP contribution in [0.15, 0.2) is 28.8 Å². The Hall–Kier alpha value is -2.36. The maximum absolute atomic E-state index is 5.64. The number of aryl methyl sites for hydroxylation is 1. The molecular formula is C19H25N7OS. The third-order valence-corrected chi connectivity index (χ3v) is 6.00. The smallest absolute Gasteiger partial charge is 0.244 e. The van der Waals surface area contributed by atoms with Crippen LogP contribution in [0.3, 0.4) is 0 Å². The summed E-state index contributed by atoms with van der Waals surface area (Å²) in [6.45, 7) is 9.15. The molecule has 1 aliphatic heterocycles. The third kappa shape index (κ3) is 4.37. The van der Waals surface area contributed by atoms with E-state index in [1.807, 2.05) is 12.1 Å². The lowest BCUT2D eigenvalue weighted by Crippen LogP contribution is -2.47. The number of rotatable bonds is 6. The molecule has 1 fully saturated rings. The van der Waals surface area contributed by atoms with Gasteiger partial charge in [0.2, 0.25) is 16.8 Å². The second kappa shape index (κ2) is 8.34. The van der Waals surface area contributed by atoms with E-state index in [1.54, 1.807) is 0 Å². The molecule has 0 saturated carbocycles. The lowest BCUT2D eigenvalue weighted by atomic mass is 10.1. The summed E-state index contributed by atoms with van der Waals surface area (Å²) in [6, 6.07) is 8.28. The Kier molecular flexibility index (Phi) is 5.65. The van der Waals surface area contributed by atoms with E-state index >= 15 is 0 Å². The van der Waals surface area contributed by atoms with E-state index < -0.39 is 0 Å². The highest BCUT2D eigenvalue weighted by atomic mass is 32.1. The van der Waals surface area contributed by atoms with Gasteiger partial charge in [0.15, 0.2) is 0 Å². The Balaban J connectivity index is 1.30. The highest BCUT2D eigenvalue weighted by Gasteiger charge is 2.26. The largest absolute Gasteiger partial charge is 0.374 e. The molecule has 2 N–H and O–H groups in total. The van der Waals surface area contributed by atoms with Crippen LogP contribution in [0.25, 0.3) is 11.4 Å². The van der Waals surface area contributed by atoms with Crippen LogP contribution >= 0.6 is 11.3 Å². The Morgan fingerprint density at radius 3 is 2.57 bits per heavy atom. The van der Waals surface area contributed by atoms with Gasteiger partial charge < -0.3 is 15.2 Å². The molecule has 1 saturated heterocycles. The Morgan fingerprint density at radius 1 is 1.14 bits per heavy atom. The molecule has 0 spiro atoms. The zero-order chi connectivity index (χ0) is 19.5. The molecule has 3 aromatic rings. The van der Waals surface area contributed by atoms with Gasteiger partial charge in [0.1, 0.15) is 5.01 Å².